The van der Waals surface area contributed by atoms with Gasteiger partial charge in [-0.25, -0.2) is 0 Å². The molecule has 5 heteroatoms. The summed E-state index contributed by atoms with van der Waals surface area (Å²) < 4.78 is 1.78. The number of nitrogens with zero attached hydrogens (tertiary/aromatic N) is 3. The molecule has 1 aromatic heterocycles. The second-order valence-electron chi connectivity index (χ2n) is 8.59. The van der Waals surface area contributed by atoms with E-state index in [0.717, 1.165) is 22.0 Å². The summed E-state index contributed by atoms with van der Waals surface area (Å²) in [5, 5.41) is 19.7. The fraction of sp³-hybridized carbons (Fsp3) is 0.192. The Kier molecular flexibility index (Phi) is 5.42. The summed E-state index contributed by atoms with van der Waals surface area (Å²) >= 11 is 0. The Morgan fingerprint density at radius 2 is 1.55 bits per heavy atom. The van der Waals surface area contributed by atoms with Crippen molar-refractivity contribution >= 4 is 22.5 Å². The summed E-state index contributed by atoms with van der Waals surface area (Å²) in [4.78, 5) is 12.6. The lowest BCUT2D eigenvalue weighted by molar-refractivity contribution is 0.0995. The first-order valence-corrected chi connectivity index (χ1v) is 10.3. The van der Waals surface area contributed by atoms with Gasteiger partial charge in [-0.05, 0) is 34.7 Å². The highest BCUT2D eigenvalue weighted by atomic mass is 16.3. The molecule has 0 spiro atoms. The number of amides is 1. The standard InChI is InChI=1S/C26H25N3O2/c1-26(2,3)20-15-13-19(14-16-20)24(30)28-27-23-21-11-7-8-12-22(21)29(25(23)31)17-18-9-5-4-6-10-18/h4-16,31H,17H2,1-3H3. The van der Waals surface area contributed by atoms with E-state index in [9.17, 15) is 9.90 Å². The lowest BCUT2D eigenvalue weighted by Gasteiger charge is -2.18. The molecule has 5 nitrogen and oxygen atoms in total. The summed E-state index contributed by atoms with van der Waals surface area (Å²) in [6, 6.07) is 24.9. The van der Waals surface area contributed by atoms with Crippen LogP contribution < -0.4 is 0 Å². The number of rotatable bonds is 4. The number of para-hydroxylation sites is 1. The van der Waals surface area contributed by atoms with E-state index in [-0.39, 0.29) is 11.3 Å². The number of fused-ring (bicyclic) bond motifs is 1. The quantitative estimate of drug-likeness (QED) is 0.384. The lowest BCUT2D eigenvalue weighted by atomic mass is 9.87. The Labute approximate surface area is 181 Å². The molecule has 0 saturated heterocycles. The molecule has 0 aliphatic carbocycles. The smallest absolute Gasteiger partial charge is 0.295 e. The first kappa shape index (κ1) is 20.5. The molecule has 0 radical (unpaired) electrons. The third-order valence-electron chi connectivity index (χ3n) is 5.34. The Bertz CT molecular complexity index is 1250. The van der Waals surface area contributed by atoms with Crippen LogP contribution in [0.5, 0.6) is 5.88 Å². The summed E-state index contributed by atoms with van der Waals surface area (Å²) in [7, 11) is 0. The van der Waals surface area contributed by atoms with E-state index in [1.807, 2.05) is 66.7 Å². The molecule has 1 heterocycles. The van der Waals surface area contributed by atoms with Gasteiger partial charge >= 0.3 is 0 Å². The summed E-state index contributed by atoms with van der Waals surface area (Å²) in [5.74, 6) is -0.454. The second-order valence-corrected chi connectivity index (χ2v) is 8.59. The van der Waals surface area contributed by atoms with Crippen molar-refractivity contribution in [1.29, 1.82) is 0 Å². The van der Waals surface area contributed by atoms with Crippen molar-refractivity contribution in [2.75, 3.05) is 0 Å². The molecule has 0 unspecified atom stereocenters. The molecular weight excluding hydrogens is 386 g/mol. The van der Waals surface area contributed by atoms with Crippen LogP contribution in [-0.2, 0) is 12.0 Å². The van der Waals surface area contributed by atoms with Gasteiger partial charge in [0.05, 0.1) is 12.1 Å². The van der Waals surface area contributed by atoms with Gasteiger partial charge in [-0.15, -0.1) is 10.2 Å². The van der Waals surface area contributed by atoms with Crippen LogP contribution >= 0.6 is 0 Å². The maximum Gasteiger partial charge on any atom is 0.295 e. The summed E-state index contributed by atoms with van der Waals surface area (Å²) in [6.07, 6.45) is 0. The molecule has 3 aromatic carbocycles. The average Bonchev–Trinajstić information content (AvgIpc) is 3.03. The molecule has 156 valence electrons. The van der Waals surface area contributed by atoms with Gasteiger partial charge in [-0.1, -0.05) is 81.4 Å². The Hall–Kier alpha value is -3.73. The molecule has 31 heavy (non-hydrogen) atoms. The van der Waals surface area contributed by atoms with E-state index in [1.165, 1.54) is 0 Å². The van der Waals surface area contributed by atoms with Gasteiger partial charge in [0.25, 0.3) is 5.91 Å². The average molecular weight is 412 g/mol. The van der Waals surface area contributed by atoms with Crippen LogP contribution in [0.3, 0.4) is 0 Å². The third-order valence-corrected chi connectivity index (χ3v) is 5.34. The number of aromatic nitrogens is 1. The summed E-state index contributed by atoms with van der Waals surface area (Å²) in [5.41, 5.74) is 3.80. The SMILES string of the molecule is CC(C)(C)c1ccc(C(=O)N=Nc2c(O)n(Cc3ccccc3)c3ccccc23)cc1. The Morgan fingerprint density at radius 1 is 0.903 bits per heavy atom. The van der Waals surface area contributed by atoms with Crippen molar-refractivity contribution in [1.82, 2.24) is 4.57 Å². The van der Waals surface area contributed by atoms with Crippen molar-refractivity contribution in [3.63, 3.8) is 0 Å². The van der Waals surface area contributed by atoms with Crippen LogP contribution in [0.4, 0.5) is 5.69 Å². The van der Waals surface area contributed by atoms with Crippen LogP contribution in [0, 0.1) is 0 Å². The number of azo groups is 1. The first-order valence-electron chi connectivity index (χ1n) is 10.3. The summed E-state index contributed by atoms with van der Waals surface area (Å²) in [6.45, 7) is 6.86. The van der Waals surface area contributed by atoms with Gasteiger partial charge in [0.1, 0.15) is 0 Å². The van der Waals surface area contributed by atoms with Crippen molar-refractivity contribution in [3.05, 3.63) is 95.6 Å². The molecule has 1 amide bonds. The van der Waals surface area contributed by atoms with E-state index in [4.69, 9.17) is 0 Å². The number of aromatic hydroxyl groups is 1. The van der Waals surface area contributed by atoms with Gasteiger partial charge in [0, 0.05) is 10.9 Å². The molecular formula is C26H25N3O2. The van der Waals surface area contributed by atoms with Crippen molar-refractivity contribution < 1.29 is 9.90 Å². The predicted octanol–water partition coefficient (Wildman–Crippen LogP) is 6.62. The number of carbonyl (C=O) groups is 1. The van der Waals surface area contributed by atoms with Gasteiger partial charge in [0.15, 0.2) is 5.69 Å². The van der Waals surface area contributed by atoms with Crippen LogP contribution in [0.15, 0.2) is 89.1 Å². The van der Waals surface area contributed by atoms with E-state index < -0.39 is 5.91 Å². The topological polar surface area (TPSA) is 66.9 Å². The van der Waals surface area contributed by atoms with Crippen LogP contribution in [0.25, 0.3) is 10.9 Å². The minimum Gasteiger partial charge on any atom is -0.493 e. The molecule has 0 aliphatic rings. The molecule has 0 bridgehead atoms. The minimum absolute atomic E-state index is 0.00939. The molecule has 4 aromatic rings. The number of benzene rings is 3. The van der Waals surface area contributed by atoms with Gasteiger partial charge in [-0.3, -0.25) is 4.79 Å². The minimum atomic E-state index is -0.445. The second kappa shape index (κ2) is 8.19. The maximum atomic E-state index is 12.6. The maximum absolute atomic E-state index is 12.6. The third kappa shape index (κ3) is 4.26. The van der Waals surface area contributed by atoms with Crippen molar-refractivity contribution in [2.45, 2.75) is 32.7 Å². The zero-order valence-corrected chi connectivity index (χ0v) is 17.9. The van der Waals surface area contributed by atoms with Gasteiger partial charge in [0.2, 0.25) is 5.88 Å². The highest BCUT2D eigenvalue weighted by Crippen LogP contribution is 2.39. The van der Waals surface area contributed by atoms with E-state index >= 15 is 0 Å². The molecule has 0 fully saturated rings. The van der Waals surface area contributed by atoms with E-state index in [2.05, 4.69) is 31.0 Å². The highest BCUT2D eigenvalue weighted by Gasteiger charge is 2.18. The normalized spacial score (nSPS) is 12.0. The Balaban J connectivity index is 1.66. The van der Waals surface area contributed by atoms with Crippen LogP contribution in [0.1, 0.15) is 42.3 Å². The number of hydrogen-bond acceptors (Lipinski definition) is 3. The van der Waals surface area contributed by atoms with Crippen LogP contribution in [-0.4, -0.2) is 15.6 Å². The zero-order valence-electron chi connectivity index (χ0n) is 17.9. The van der Waals surface area contributed by atoms with Crippen molar-refractivity contribution in [3.8, 4) is 5.88 Å². The fourth-order valence-corrected chi connectivity index (χ4v) is 3.56. The highest BCUT2D eigenvalue weighted by molar-refractivity contribution is 5.97. The van der Waals surface area contributed by atoms with Crippen LogP contribution in [0.2, 0.25) is 0 Å². The molecule has 4 rings (SSSR count). The molecule has 1 N–H and O–H groups in total. The number of hydrogen-bond donors (Lipinski definition) is 1. The Morgan fingerprint density at radius 3 is 2.23 bits per heavy atom. The predicted molar refractivity (Wildman–Crippen MR) is 123 cm³/mol. The van der Waals surface area contributed by atoms with Gasteiger partial charge < -0.3 is 9.67 Å². The van der Waals surface area contributed by atoms with E-state index in [0.29, 0.717) is 17.8 Å². The molecule has 0 aliphatic heterocycles. The fourth-order valence-electron chi connectivity index (χ4n) is 3.56. The van der Waals surface area contributed by atoms with Gasteiger partial charge in [-0.2, -0.15) is 0 Å². The number of carbonyl (C=O) groups excluding carboxylic acids is 1. The monoisotopic (exact) mass is 411 g/mol. The molecule has 0 saturated carbocycles. The van der Waals surface area contributed by atoms with E-state index in [1.54, 1.807) is 16.7 Å². The molecule has 0 atom stereocenters. The zero-order chi connectivity index (χ0) is 22.0. The first-order chi connectivity index (χ1) is 14.8. The van der Waals surface area contributed by atoms with Crippen molar-refractivity contribution in [2.24, 2.45) is 10.2 Å². The lowest BCUT2D eigenvalue weighted by Crippen LogP contribution is -2.11. The largest absolute Gasteiger partial charge is 0.493 e.